The Morgan fingerprint density at radius 3 is 2.48 bits per heavy atom. The van der Waals surface area contributed by atoms with Crippen LogP contribution in [0.3, 0.4) is 0 Å². The zero-order chi connectivity index (χ0) is 29.3. The molecule has 2 heterocycles. The van der Waals surface area contributed by atoms with E-state index < -0.39 is 11.7 Å². The number of hydrogen-bond donors (Lipinski definition) is 1. The standard InChI is InChI=1S/C31H25FN4O5S/c1-39-26-10-4-3-8-22(26)18-33-35-31-36(19-25-9-6-16-40-25)30(38)28(42-31)17-21-7-2-5-11-27(21)41-20-29(37)34-24-14-12-23(32)13-15-24/h2-18H,19-20H2,1H3,(H,34,37)/b28-17-,33-18-,35-31+. The van der Waals surface area contributed by atoms with Crippen molar-refractivity contribution in [2.24, 2.45) is 10.2 Å². The van der Waals surface area contributed by atoms with E-state index in [0.717, 1.165) is 17.3 Å². The number of methoxy groups -OCH3 is 1. The van der Waals surface area contributed by atoms with Gasteiger partial charge in [0.15, 0.2) is 11.8 Å². The third kappa shape index (κ3) is 7.12. The van der Waals surface area contributed by atoms with Crippen LogP contribution in [0.5, 0.6) is 11.5 Å². The maximum atomic E-state index is 13.5. The van der Waals surface area contributed by atoms with Crippen molar-refractivity contribution in [2.45, 2.75) is 6.54 Å². The zero-order valence-electron chi connectivity index (χ0n) is 22.4. The highest BCUT2D eigenvalue weighted by atomic mass is 32.2. The van der Waals surface area contributed by atoms with Crippen molar-refractivity contribution in [1.29, 1.82) is 0 Å². The first-order valence-electron chi connectivity index (χ1n) is 12.8. The summed E-state index contributed by atoms with van der Waals surface area (Å²) in [6.45, 7) is -0.117. The average molecular weight is 585 g/mol. The number of para-hydroxylation sites is 2. The van der Waals surface area contributed by atoms with Gasteiger partial charge in [-0.2, -0.15) is 5.10 Å². The Bertz CT molecular complexity index is 1650. The van der Waals surface area contributed by atoms with Crippen LogP contribution in [0.1, 0.15) is 16.9 Å². The topological polar surface area (TPSA) is 106 Å². The van der Waals surface area contributed by atoms with Crippen LogP contribution in [-0.2, 0) is 16.1 Å². The fraction of sp³-hybridized carbons (Fsp3) is 0.0968. The number of rotatable bonds is 10. The molecule has 1 aromatic heterocycles. The number of ether oxygens (including phenoxy) is 2. The molecule has 42 heavy (non-hydrogen) atoms. The van der Waals surface area contributed by atoms with E-state index in [-0.39, 0.29) is 19.1 Å². The molecule has 0 saturated carbocycles. The number of amides is 2. The van der Waals surface area contributed by atoms with E-state index in [2.05, 4.69) is 15.5 Å². The lowest BCUT2D eigenvalue weighted by Crippen LogP contribution is -2.28. The predicted octanol–water partition coefficient (Wildman–Crippen LogP) is 5.95. The maximum absolute atomic E-state index is 13.5. The molecule has 212 valence electrons. The van der Waals surface area contributed by atoms with Gasteiger partial charge in [-0.1, -0.05) is 30.3 Å². The molecule has 11 heteroatoms. The normalized spacial score (nSPS) is 15.1. The molecule has 0 atom stereocenters. The number of nitrogens with one attached hydrogen (secondary N) is 1. The van der Waals surface area contributed by atoms with Crippen molar-refractivity contribution in [3.05, 3.63) is 119 Å². The van der Waals surface area contributed by atoms with Crippen molar-refractivity contribution in [1.82, 2.24) is 4.90 Å². The van der Waals surface area contributed by atoms with Gasteiger partial charge in [-0.05, 0) is 72.4 Å². The van der Waals surface area contributed by atoms with E-state index in [9.17, 15) is 14.0 Å². The Morgan fingerprint density at radius 2 is 1.74 bits per heavy atom. The summed E-state index contributed by atoms with van der Waals surface area (Å²) in [7, 11) is 1.58. The van der Waals surface area contributed by atoms with E-state index in [0.29, 0.717) is 38.6 Å². The minimum absolute atomic E-state index is 0.168. The van der Waals surface area contributed by atoms with Crippen LogP contribution in [0, 0.1) is 5.82 Å². The summed E-state index contributed by atoms with van der Waals surface area (Å²) in [5.74, 6) is 0.540. The fourth-order valence-electron chi connectivity index (χ4n) is 3.94. The summed E-state index contributed by atoms with van der Waals surface area (Å²) in [6.07, 6.45) is 4.78. The first kappa shape index (κ1) is 28.4. The number of thioether (sulfide) groups is 1. The highest BCUT2D eigenvalue weighted by Gasteiger charge is 2.34. The van der Waals surface area contributed by atoms with Crippen LogP contribution >= 0.6 is 11.8 Å². The number of carbonyl (C=O) groups is 2. The molecule has 0 bridgehead atoms. The van der Waals surface area contributed by atoms with Gasteiger partial charge in [0.05, 0.1) is 31.0 Å². The highest BCUT2D eigenvalue weighted by molar-refractivity contribution is 8.18. The van der Waals surface area contributed by atoms with Gasteiger partial charge in [0, 0.05) is 16.8 Å². The molecule has 1 saturated heterocycles. The minimum atomic E-state index is -0.415. The van der Waals surface area contributed by atoms with Crippen LogP contribution < -0.4 is 14.8 Å². The highest BCUT2D eigenvalue weighted by Crippen LogP contribution is 2.35. The van der Waals surface area contributed by atoms with Gasteiger partial charge in [-0.15, -0.1) is 5.10 Å². The van der Waals surface area contributed by atoms with Crippen LogP contribution in [-0.4, -0.2) is 41.8 Å². The summed E-state index contributed by atoms with van der Waals surface area (Å²) >= 11 is 1.16. The number of furan rings is 1. The second-order valence-electron chi connectivity index (χ2n) is 8.83. The van der Waals surface area contributed by atoms with Gasteiger partial charge in [0.1, 0.15) is 23.1 Å². The number of nitrogens with zero attached hydrogens (tertiary/aromatic N) is 3. The number of halogens is 1. The third-order valence-electron chi connectivity index (χ3n) is 5.95. The average Bonchev–Trinajstić information content (AvgIpc) is 3.62. The van der Waals surface area contributed by atoms with Crippen molar-refractivity contribution < 1.29 is 27.9 Å². The predicted molar refractivity (Wildman–Crippen MR) is 160 cm³/mol. The van der Waals surface area contributed by atoms with Gasteiger partial charge in [0.2, 0.25) is 0 Å². The van der Waals surface area contributed by atoms with E-state index in [1.54, 1.807) is 55.8 Å². The second kappa shape index (κ2) is 13.5. The van der Waals surface area contributed by atoms with E-state index in [4.69, 9.17) is 13.9 Å². The molecule has 0 radical (unpaired) electrons. The summed E-state index contributed by atoms with van der Waals surface area (Å²) in [4.78, 5) is 27.8. The second-order valence-corrected chi connectivity index (χ2v) is 9.84. The van der Waals surface area contributed by atoms with Gasteiger partial charge in [-0.25, -0.2) is 4.39 Å². The lowest BCUT2D eigenvalue weighted by atomic mass is 10.2. The molecule has 0 unspecified atom stereocenters. The van der Waals surface area contributed by atoms with Crippen molar-refractivity contribution in [3.8, 4) is 11.5 Å². The smallest absolute Gasteiger partial charge is 0.267 e. The molecular formula is C31H25FN4O5S. The fourth-order valence-corrected chi connectivity index (χ4v) is 4.87. The number of benzene rings is 3. The molecular weight excluding hydrogens is 559 g/mol. The summed E-state index contributed by atoms with van der Waals surface area (Å²) < 4.78 is 29.7. The first-order valence-corrected chi connectivity index (χ1v) is 13.6. The molecule has 0 spiro atoms. The largest absolute Gasteiger partial charge is 0.496 e. The Balaban J connectivity index is 1.35. The van der Waals surface area contributed by atoms with Crippen LogP contribution in [0.4, 0.5) is 10.1 Å². The van der Waals surface area contributed by atoms with Gasteiger partial charge in [-0.3, -0.25) is 14.5 Å². The molecule has 1 fully saturated rings. The van der Waals surface area contributed by atoms with E-state index in [1.807, 2.05) is 24.3 Å². The lowest BCUT2D eigenvalue weighted by molar-refractivity contribution is -0.122. The molecule has 0 aliphatic carbocycles. The number of hydrogen-bond acceptors (Lipinski definition) is 8. The first-order chi connectivity index (χ1) is 20.5. The molecule has 4 aromatic rings. The minimum Gasteiger partial charge on any atom is -0.496 e. The Labute approximate surface area is 245 Å². The quantitative estimate of drug-likeness (QED) is 0.140. The summed E-state index contributed by atoms with van der Waals surface area (Å²) in [5.41, 5.74) is 1.78. The van der Waals surface area contributed by atoms with Gasteiger partial charge in [0.25, 0.3) is 11.8 Å². The van der Waals surface area contributed by atoms with Crippen molar-refractivity contribution in [2.75, 3.05) is 19.0 Å². The van der Waals surface area contributed by atoms with Crippen molar-refractivity contribution >= 4 is 46.7 Å². The molecule has 1 aliphatic rings. The Kier molecular flexibility index (Phi) is 9.10. The lowest BCUT2D eigenvalue weighted by Gasteiger charge is -2.12. The third-order valence-corrected chi connectivity index (χ3v) is 6.95. The molecule has 1 aliphatic heterocycles. The molecule has 1 N–H and O–H groups in total. The zero-order valence-corrected chi connectivity index (χ0v) is 23.2. The van der Waals surface area contributed by atoms with Crippen LogP contribution in [0.2, 0.25) is 0 Å². The van der Waals surface area contributed by atoms with Gasteiger partial charge < -0.3 is 19.2 Å². The van der Waals surface area contributed by atoms with E-state index in [1.165, 1.54) is 35.4 Å². The van der Waals surface area contributed by atoms with Gasteiger partial charge >= 0.3 is 0 Å². The van der Waals surface area contributed by atoms with E-state index >= 15 is 0 Å². The SMILES string of the molecule is COc1ccccc1/C=N\N=C1\S/C(=C\c2ccccc2OCC(=O)Nc2ccc(F)cc2)C(=O)N1Cc1ccco1. The summed E-state index contributed by atoms with van der Waals surface area (Å²) in [6, 6.07) is 23.4. The van der Waals surface area contributed by atoms with Crippen LogP contribution in [0.15, 0.2) is 111 Å². The number of anilines is 1. The molecule has 3 aromatic carbocycles. The Morgan fingerprint density at radius 1 is 1.00 bits per heavy atom. The molecule has 9 nitrogen and oxygen atoms in total. The van der Waals surface area contributed by atoms with Crippen LogP contribution in [0.25, 0.3) is 6.08 Å². The summed E-state index contributed by atoms with van der Waals surface area (Å²) in [5, 5.41) is 11.6. The maximum Gasteiger partial charge on any atom is 0.267 e. The Hall–Kier alpha value is -5.16. The molecule has 5 rings (SSSR count). The number of amidine groups is 1. The molecule has 2 amide bonds. The monoisotopic (exact) mass is 584 g/mol. The van der Waals surface area contributed by atoms with Crippen molar-refractivity contribution in [3.63, 3.8) is 0 Å². The number of carbonyl (C=O) groups excluding carboxylic acids is 2.